The van der Waals surface area contributed by atoms with Crippen LogP contribution in [0.3, 0.4) is 0 Å². The summed E-state index contributed by atoms with van der Waals surface area (Å²) in [5.74, 6) is 2.29. The third kappa shape index (κ3) is 5.40. The van der Waals surface area contributed by atoms with E-state index in [4.69, 9.17) is 9.47 Å². The summed E-state index contributed by atoms with van der Waals surface area (Å²) in [7, 11) is 0. The van der Waals surface area contributed by atoms with Crippen molar-refractivity contribution < 1.29 is 14.6 Å². The van der Waals surface area contributed by atoms with Crippen LogP contribution in [0, 0.1) is 5.92 Å². The van der Waals surface area contributed by atoms with Gasteiger partial charge < -0.3 is 19.5 Å². The van der Waals surface area contributed by atoms with E-state index in [2.05, 4.69) is 11.8 Å². The van der Waals surface area contributed by atoms with E-state index in [1.807, 2.05) is 32.0 Å². The summed E-state index contributed by atoms with van der Waals surface area (Å²) < 4.78 is 11.2. The van der Waals surface area contributed by atoms with E-state index in [1.165, 1.54) is 12.8 Å². The molecule has 1 fully saturated rings. The zero-order valence-corrected chi connectivity index (χ0v) is 14.8. The average molecular weight is 321 g/mol. The monoisotopic (exact) mass is 321 g/mol. The molecule has 0 saturated carbocycles. The fourth-order valence-electron chi connectivity index (χ4n) is 3.28. The van der Waals surface area contributed by atoms with Gasteiger partial charge in [0.05, 0.1) is 19.3 Å². The molecule has 2 atom stereocenters. The summed E-state index contributed by atoms with van der Waals surface area (Å²) in [6.07, 6.45) is 2.84. The maximum atomic E-state index is 10.6. The molecule has 2 unspecified atom stereocenters. The molecule has 0 aromatic heterocycles. The molecule has 1 aromatic carbocycles. The Bertz CT molecular complexity index is 478. The highest BCUT2D eigenvalue weighted by Crippen LogP contribution is 2.31. The predicted molar refractivity (Wildman–Crippen MR) is 93.2 cm³/mol. The van der Waals surface area contributed by atoms with Crippen LogP contribution < -0.4 is 9.47 Å². The molecule has 0 aliphatic carbocycles. The highest BCUT2D eigenvalue weighted by Gasteiger charge is 2.19. The van der Waals surface area contributed by atoms with Crippen LogP contribution in [0.25, 0.3) is 0 Å². The average Bonchev–Trinajstić information content (AvgIpc) is 2.54. The molecular formula is C19H31NO3. The Morgan fingerprint density at radius 1 is 1.26 bits per heavy atom. The first kappa shape index (κ1) is 18.1. The summed E-state index contributed by atoms with van der Waals surface area (Å²) in [6.45, 7) is 10.7. The predicted octanol–water partition coefficient (Wildman–Crippen LogP) is 3.64. The first-order valence-electron chi connectivity index (χ1n) is 8.94. The fourth-order valence-corrected chi connectivity index (χ4v) is 3.28. The van der Waals surface area contributed by atoms with Crippen LogP contribution in [-0.4, -0.2) is 42.9 Å². The van der Waals surface area contributed by atoms with Gasteiger partial charge in [0.25, 0.3) is 0 Å². The standard InChI is InChI=1S/C19H31NO3/c1-4-22-16-8-9-17(19(13-16)23-5-2)18(21)10-12-20-11-6-7-15(3)14-20/h8-9,13,15,18,21H,4-7,10-12,14H2,1-3H3. The lowest BCUT2D eigenvalue weighted by atomic mass is 9.99. The van der Waals surface area contributed by atoms with Crippen molar-refractivity contribution in [1.29, 1.82) is 0 Å². The summed E-state index contributed by atoms with van der Waals surface area (Å²) in [4.78, 5) is 2.46. The van der Waals surface area contributed by atoms with Gasteiger partial charge in [0, 0.05) is 24.7 Å². The van der Waals surface area contributed by atoms with E-state index in [1.54, 1.807) is 0 Å². The second-order valence-corrected chi connectivity index (χ2v) is 6.42. The van der Waals surface area contributed by atoms with E-state index in [0.717, 1.165) is 49.0 Å². The minimum absolute atomic E-state index is 0.496. The van der Waals surface area contributed by atoms with Crippen molar-refractivity contribution in [2.24, 2.45) is 5.92 Å². The van der Waals surface area contributed by atoms with Gasteiger partial charge in [-0.3, -0.25) is 0 Å². The molecule has 4 heteroatoms. The van der Waals surface area contributed by atoms with Gasteiger partial charge in [-0.1, -0.05) is 6.92 Å². The lowest BCUT2D eigenvalue weighted by molar-refractivity contribution is 0.119. The molecule has 4 nitrogen and oxygen atoms in total. The van der Waals surface area contributed by atoms with Gasteiger partial charge in [0.15, 0.2) is 0 Å². The molecule has 1 heterocycles. The Hall–Kier alpha value is -1.26. The molecule has 1 aliphatic rings. The second-order valence-electron chi connectivity index (χ2n) is 6.42. The quantitative estimate of drug-likeness (QED) is 0.794. The molecular weight excluding hydrogens is 290 g/mol. The van der Waals surface area contributed by atoms with Crippen LogP contribution in [0.15, 0.2) is 18.2 Å². The lowest BCUT2D eigenvalue weighted by Crippen LogP contribution is -2.35. The van der Waals surface area contributed by atoms with Crippen LogP contribution >= 0.6 is 0 Å². The second kappa shape index (κ2) is 9.14. The molecule has 0 spiro atoms. The van der Waals surface area contributed by atoms with Crippen LogP contribution in [0.1, 0.15) is 51.7 Å². The van der Waals surface area contributed by atoms with E-state index in [-0.39, 0.29) is 0 Å². The fraction of sp³-hybridized carbons (Fsp3) is 0.684. The number of likely N-dealkylation sites (tertiary alicyclic amines) is 1. The number of ether oxygens (including phenoxy) is 2. The van der Waals surface area contributed by atoms with E-state index in [0.29, 0.717) is 13.2 Å². The van der Waals surface area contributed by atoms with E-state index >= 15 is 0 Å². The Morgan fingerprint density at radius 2 is 2.04 bits per heavy atom. The highest BCUT2D eigenvalue weighted by atomic mass is 16.5. The number of piperidine rings is 1. The van der Waals surface area contributed by atoms with Gasteiger partial charge in [0.1, 0.15) is 11.5 Å². The zero-order valence-electron chi connectivity index (χ0n) is 14.8. The Balaban J connectivity index is 1.98. The third-order valence-electron chi connectivity index (χ3n) is 4.41. The number of aliphatic hydroxyl groups is 1. The summed E-state index contributed by atoms with van der Waals surface area (Å²) in [6, 6.07) is 5.72. The number of hydrogen-bond acceptors (Lipinski definition) is 4. The Labute approximate surface area is 140 Å². The first-order chi connectivity index (χ1) is 11.1. The zero-order chi connectivity index (χ0) is 16.7. The van der Waals surface area contributed by atoms with Crippen molar-refractivity contribution in [1.82, 2.24) is 4.90 Å². The molecule has 1 saturated heterocycles. The van der Waals surface area contributed by atoms with Crippen LogP contribution in [0.4, 0.5) is 0 Å². The van der Waals surface area contributed by atoms with Crippen LogP contribution in [0.5, 0.6) is 11.5 Å². The molecule has 23 heavy (non-hydrogen) atoms. The summed E-state index contributed by atoms with van der Waals surface area (Å²) in [5.41, 5.74) is 0.861. The van der Waals surface area contributed by atoms with Gasteiger partial charge >= 0.3 is 0 Å². The smallest absolute Gasteiger partial charge is 0.128 e. The summed E-state index contributed by atoms with van der Waals surface area (Å²) >= 11 is 0. The number of aliphatic hydroxyl groups excluding tert-OH is 1. The first-order valence-corrected chi connectivity index (χ1v) is 8.94. The van der Waals surface area contributed by atoms with Crippen LogP contribution in [-0.2, 0) is 0 Å². The largest absolute Gasteiger partial charge is 0.494 e. The van der Waals surface area contributed by atoms with Gasteiger partial charge in [-0.2, -0.15) is 0 Å². The van der Waals surface area contributed by atoms with Crippen molar-refractivity contribution >= 4 is 0 Å². The molecule has 0 amide bonds. The van der Waals surface area contributed by atoms with Gasteiger partial charge in [0.2, 0.25) is 0 Å². The minimum Gasteiger partial charge on any atom is -0.494 e. The van der Waals surface area contributed by atoms with E-state index < -0.39 is 6.10 Å². The van der Waals surface area contributed by atoms with Crippen molar-refractivity contribution in [3.8, 4) is 11.5 Å². The molecule has 1 aromatic rings. The number of rotatable bonds is 8. The SMILES string of the molecule is CCOc1ccc(C(O)CCN2CCCC(C)C2)c(OCC)c1. The Morgan fingerprint density at radius 3 is 2.74 bits per heavy atom. The number of hydrogen-bond donors (Lipinski definition) is 1. The van der Waals surface area contributed by atoms with Crippen molar-refractivity contribution in [2.75, 3.05) is 32.8 Å². The van der Waals surface area contributed by atoms with Crippen molar-refractivity contribution in [3.63, 3.8) is 0 Å². The molecule has 130 valence electrons. The maximum absolute atomic E-state index is 10.6. The number of nitrogens with zero attached hydrogens (tertiary/aromatic N) is 1. The summed E-state index contributed by atoms with van der Waals surface area (Å²) in [5, 5.41) is 10.6. The number of benzene rings is 1. The molecule has 1 aliphatic heterocycles. The van der Waals surface area contributed by atoms with E-state index in [9.17, 15) is 5.11 Å². The highest BCUT2D eigenvalue weighted by molar-refractivity contribution is 5.42. The molecule has 1 N–H and O–H groups in total. The van der Waals surface area contributed by atoms with Gasteiger partial charge in [-0.25, -0.2) is 0 Å². The van der Waals surface area contributed by atoms with Crippen molar-refractivity contribution in [2.45, 2.75) is 46.1 Å². The maximum Gasteiger partial charge on any atom is 0.128 e. The normalized spacial score (nSPS) is 20.3. The third-order valence-corrected chi connectivity index (χ3v) is 4.41. The minimum atomic E-state index is -0.496. The topological polar surface area (TPSA) is 41.9 Å². The van der Waals surface area contributed by atoms with Gasteiger partial charge in [-0.15, -0.1) is 0 Å². The molecule has 0 bridgehead atoms. The molecule has 0 radical (unpaired) electrons. The molecule has 2 rings (SSSR count). The van der Waals surface area contributed by atoms with Crippen molar-refractivity contribution in [3.05, 3.63) is 23.8 Å². The van der Waals surface area contributed by atoms with Crippen LogP contribution in [0.2, 0.25) is 0 Å². The van der Waals surface area contributed by atoms with Gasteiger partial charge in [-0.05, 0) is 57.7 Å². The Kier molecular flexibility index (Phi) is 7.18. The lowest BCUT2D eigenvalue weighted by Gasteiger charge is -2.31.